The molecule has 0 saturated heterocycles. The Balaban J connectivity index is 1.65. The zero-order valence-corrected chi connectivity index (χ0v) is 15.5. The maximum Gasteiger partial charge on any atom is 0.263 e. The van der Waals surface area contributed by atoms with E-state index >= 15 is 0 Å². The second kappa shape index (κ2) is 8.12. The number of amides is 2. The van der Waals surface area contributed by atoms with Gasteiger partial charge in [-0.3, -0.25) is 14.9 Å². The number of carbonyl (C=O) groups excluding carboxylic acids is 2. The van der Waals surface area contributed by atoms with E-state index < -0.39 is 0 Å². The smallest absolute Gasteiger partial charge is 0.263 e. The van der Waals surface area contributed by atoms with Crippen LogP contribution in [0.15, 0.2) is 54.6 Å². The van der Waals surface area contributed by atoms with Gasteiger partial charge in [0.2, 0.25) is 0 Å². The maximum atomic E-state index is 12.4. The Morgan fingerprint density at radius 2 is 1.85 bits per heavy atom. The van der Waals surface area contributed by atoms with Crippen LogP contribution in [-0.2, 0) is 6.54 Å². The highest BCUT2D eigenvalue weighted by atomic mass is 35.5. The Bertz CT molecular complexity index is 941. The lowest BCUT2D eigenvalue weighted by molar-refractivity contribution is 0.0953. The quantitative estimate of drug-likeness (QED) is 0.688. The van der Waals surface area contributed by atoms with E-state index in [0.29, 0.717) is 32.8 Å². The third-order valence-corrected chi connectivity index (χ3v) is 4.91. The normalized spacial score (nSPS) is 10.4. The van der Waals surface area contributed by atoms with Gasteiger partial charge < -0.3 is 5.32 Å². The Morgan fingerprint density at radius 3 is 2.58 bits per heavy atom. The Kier molecular flexibility index (Phi) is 5.65. The average molecular weight is 386 g/mol. The molecule has 3 aromatic rings. The Morgan fingerprint density at radius 1 is 1.08 bits per heavy atom. The summed E-state index contributed by atoms with van der Waals surface area (Å²) in [4.78, 5) is 29.3. The molecule has 0 saturated carbocycles. The fourth-order valence-corrected chi connectivity index (χ4v) is 3.42. The number of nitrogens with one attached hydrogen (secondary N) is 2. The maximum absolute atomic E-state index is 12.4. The average Bonchev–Trinajstić information content (AvgIpc) is 3.00. The van der Waals surface area contributed by atoms with Gasteiger partial charge in [0.1, 0.15) is 4.88 Å². The molecular formula is C19H16ClN3O2S. The van der Waals surface area contributed by atoms with Gasteiger partial charge >= 0.3 is 0 Å². The number of rotatable bonds is 5. The zero-order chi connectivity index (χ0) is 18.5. The standard InChI is InChI=1S/C19H16ClN3O2S/c1-12-16(18(25)21-11-13-6-5-9-15(20)10-13)26-19(22-12)23-17(24)14-7-3-2-4-8-14/h2-10H,11H2,1H3,(H,21,25)(H,22,23,24). The molecule has 0 radical (unpaired) electrons. The Labute approximate surface area is 160 Å². The highest BCUT2D eigenvalue weighted by molar-refractivity contribution is 7.17. The van der Waals surface area contributed by atoms with E-state index in [-0.39, 0.29) is 11.8 Å². The molecule has 1 heterocycles. The van der Waals surface area contributed by atoms with Crippen LogP contribution in [0.25, 0.3) is 0 Å². The highest BCUT2D eigenvalue weighted by Gasteiger charge is 2.17. The lowest BCUT2D eigenvalue weighted by Crippen LogP contribution is -2.22. The number of thiazole rings is 1. The summed E-state index contributed by atoms with van der Waals surface area (Å²) in [5.41, 5.74) is 2.01. The molecule has 0 aliphatic rings. The van der Waals surface area contributed by atoms with Crippen LogP contribution in [0.1, 0.15) is 31.3 Å². The van der Waals surface area contributed by atoms with Gasteiger partial charge in [-0.1, -0.05) is 53.3 Å². The van der Waals surface area contributed by atoms with Crippen molar-refractivity contribution in [3.8, 4) is 0 Å². The minimum Gasteiger partial charge on any atom is -0.347 e. The molecule has 0 bridgehead atoms. The van der Waals surface area contributed by atoms with Crippen LogP contribution in [0.5, 0.6) is 0 Å². The largest absolute Gasteiger partial charge is 0.347 e. The van der Waals surface area contributed by atoms with Crippen LogP contribution in [0.2, 0.25) is 5.02 Å². The molecule has 26 heavy (non-hydrogen) atoms. The van der Waals surface area contributed by atoms with Crippen molar-refractivity contribution in [3.63, 3.8) is 0 Å². The summed E-state index contributed by atoms with van der Waals surface area (Å²) in [5, 5.41) is 6.58. The summed E-state index contributed by atoms with van der Waals surface area (Å²) in [6, 6.07) is 16.1. The van der Waals surface area contributed by atoms with Crippen molar-refractivity contribution < 1.29 is 9.59 Å². The summed E-state index contributed by atoms with van der Waals surface area (Å²) in [5.74, 6) is -0.495. The summed E-state index contributed by atoms with van der Waals surface area (Å²) in [6.45, 7) is 2.10. The van der Waals surface area contributed by atoms with Crippen molar-refractivity contribution in [1.82, 2.24) is 10.3 Å². The van der Waals surface area contributed by atoms with Gasteiger partial charge in [-0.25, -0.2) is 4.98 Å². The number of carbonyl (C=O) groups is 2. The summed E-state index contributed by atoms with van der Waals surface area (Å²) >= 11 is 7.09. The zero-order valence-electron chi connectivity index (χ0n) is 14.0. The fourth-order valence-electron chi connectivity index (χ4n) is 2.33. The van der Waals surface area contributed by atoms with Gasteiger partial charge in [-0.15, -0.1) is 0 Å². The monoisotopic (exact) mass is 385 g/mol. The molecule has 0 spiro atoms. The molecule has 0 fully saturated rings. The molecule has 0 unspecified atom stereocenters. The SMILES string of the molecule is Cc1nc(NC(=O)c2ccccc2)sc1C(=O)NCc1cccc(Cl)c1. The minimum absolute atomic E-state index is 0.236. The van der Waals surface area contributed by atoms with Gasteiger partial charge in [0.15, 0.2) is 5.13 Å². The summed E-state index contributed by atoms with van der Waals surface area (Å²) < 4.78 is 0. The number of nitrogens with zero attached hydrogens (tertiary/aromatic N) is 1. The molecule has 5 nitrogen and oxygen atoms in total. The van der Waals surface area contributed by atoms with Crippen LogP contribution < -0.4 is 10.6 Å². The third kappa shape index (κ3) is 4.47. The van der Waals surface area contributed by atoms with E-state index in [4.69, 9.17) is 11.6 Å². The Hall–Kier alpha value is -2.70. The number of anilines is 1. The van der Waals surface area contributed by atoms with Gasteiger partial charge in [0.25, 0.3) is 11.8 Å². The van der Waals surface area contributed by atoms with Crippen LogP contribution >= 0.6 is 22.9 Å². The van der Waals surface area contributed by atoms with Crippen LogP contribution in [-0.4, -0.2) is 16.8 Å². The minimum atomic E-state index is -0.259. The molecule has 2 N–H and O–H groups in total. The van der Waals surface area contributed by atoms with E-state index in [9.17, 15) is 9.59 Å². The topological polar surface area (TPSA) is 71.1 Å². The molecule has 7 heteroatoms. The van der Waals surface area contributed by atoms with E-state index in [1.165, 1.54) is 0 Å². The highest BCUT2D eigenvalue weighted by Crippen LogP contribution is 2.23. The fraction of sp³-hybridized carbons (Fsp3) is 0.105. The van der Waals surface area contributed by atoms with E-state index in [2.05, 4.69) is 15.6 Å². The van der Waals surface area contributed by atoms with Crippen molar-refractivity contribution in [3.05, 3.63) is 81.3 Å². The third-order valence-electron chi connectivity index (χ3n) is 3.60. The van der Waals surface area contributed by atoms with Crippen molar-refractivity contribution in [2.24, 2.45) is 0 Å². The first-order chi connectivity index (χ1) is 12.5. The lowest BCUT2D eigenvalue weighted by Gasteiger charge is -2.04. The van der Waals surface area contributed by atoms with Gasteiger partial charge in [0, 0.05) is 17.1 Å². The van der Waals surface area contributed by atoms with Gasteiger partial charge in [0.05, 0.1) is 5.69 Å². The molecule has 0 aliphatic carbocycles. The van der Waals surface area contributed by atoms with Crippen LogP contribution in [0.4, 0.5) is 5.13 Å². The van der Waals surface area contributed by atoms with Gasteiger partial charge in [-0.05, 0) is 36.8 Å². The first kappa shape index (κ1) is 18.1. The molecule has 0 atom stereocenters. The summed E-state index contributed by atoms with van der Waals surface area (Å²) in [7, 11) is 0. The second-order valence-corrected chi connectivity index (χ2v) is 7.00. The predicted molar refractivity (Wildman–Crippen MR) is 104 cm³/mol. The molecule has 2 aromatic carbocycles. The van der Waals surface area contributed by atoms with Crippen molar-refractivity contribution in [1.29, 1.82) is 0 Å². The van der Waals surface area contributed by atoms with E-state index in [0.717, 1.165) is 16.9 Å². The van der Waals surface area contributed by atoms with Crippen molar-refractivity contribution in [2.75, 3.05) is 5.32 Å². The molecule has 1 aromatic heterocycles. The first-order valence-corrected chi connectivity index (χ1v) is 9.09. The van der Waals surface area contributed by atoms with E-state index in [1.807, 2.05) is 18.2 Å². The van der Waals surface area contributed by atoms with Crippen molar-refractivity contribution in [2.45, 2.75) is 13.5 Å². The van der Waals surface area contributed by atoms with E-state index in [1.54, 1.807) is 43.3 Å². The van der Waals surface area contributed by atoms with Gasteiger partial charge in [-0.2, -0.15) is 0 Å². The molecule has 0 aliphatic heterocycles. The lowest BCUT2D eigenvalue weighted by atomic mass is 10.2. The van der Waals surface area contributed by atoms with Crippen LogP contribution in [0.3, 0.4) is 0 Å². The second-order valence-electron chi connectivity index (χ2n) is 5.57. The molecule has 132 valence electrons. The van der Waals surface area contributed by atoms with Crippen LogP contribution in [0, 0.1) is 6.92 Å². The predicted octanol–water partition coefficient (Wildman–Crippen LogP) is 4.29. The number of benzene rings is 2. The molecule has 3 rings (SSSR count). The number of aromatic nitrogens is 1. The first-order valence-electron chi connectivity index (χ1n) is 7.89. The number of hydrogen-bond acceptors (Lipinski definition) is 4. The van der Waals surface area contributed by atoms with Crippen molar-refractivity contribution >= 4 is 39.9 Å². The summed E-state index contributed by atoms with van der Waals surface area (Å²) in [6.07, 6.45) is 0. The number of aryl methyl sites for hydroxylation is 1. The molecular weight excluding hydrogens is 370 g/mol. The number of halogens is 1. The molecule has 2 amide bonds. The number of hydrogen-bond donors (Lipinski definition) is 2.